The van der Waals surface area contributed by atoms with Gasteiger partial charge in [-0.3, -0.25) is 4.79 Å². The highest BCUT2D eigenvalue weighted by atomic mass is 35.6. The number of halogens is 1. The van der Waals surface area contributed by atoms with Crippen LogP contribution in [0.3, 0.4) is 0 Å². The van der Waals surface area contributed by atoms with Crippen molar-refractivity contribution < 1.29 is 19.1 Å². The molecule has 0 unspecified atom stereocenters. The molecular weight excluding hydrogens is 224 g/mol. The average Bonchev–Trinajstić information content (AvgIpc) is 1.98. The van der Waals surface area contributed by atoms with E-state index < -0.39 is 19.3 Å². The van der Waals surface area contributed by atoms with Gasteiger partial charge >= 0.3 is 11.9 Å². The number of esters is 2. The average molecular weight is 239 g/mol. The van der Waals surface area contributed by atoms with Crippen LogP contribution in [-0.2, 0) is 19.1 Å². The van der Waals surface area contributed by atoms with Crippen molar-refractivity contribution in [2.75, 3.05) is 13.2 Å². The molecule has 0 atom stereocenters. The fraction of sp³-hybridized carbons (Fsp3) is 0.750. The van der Waals surface area contributed by atoms with E-state index in [0.29, 0.717) is 12.7 Å². The van der Waals surface area contributed by atoms with Crippen molar-refractivity contribution in [3.8, 4) is 0 Å². The molecule has 0 aliphatic carbocycles. The molecular formula is C8H15ClO4Si. The Morgan fingerprint density at radius 2 is 1.86 bits per heavy atom. The van der Waals surface area contributed by atoms with E-state index in [1.165, 1.54) is 6.92 Å². The third kappa shape index (κ3) is 9.53. The lowest BCUT2D eigenvalue weighted by atomic mass is 10.7. The lowest BCUT2D eigenvalue weighted by Gasteiger charge is -2.12. The summed E-state index contributed by atoms with van der Waals surface area (Å²) < 4.78 is 9.25. The molecule has 0 radical (unpaired) electrons. The van der Waals surface area contributed by atoms with Gasteiger partial charge in [-0.05, 0) is 6.04 Å². The molecule has 0 heterocycles. The Kier molecular flexibility index (Phi) is 5.79. The second-order valence-electron chi connectivity index (χ2n) is 3.47. The van der Waals surface area contributed by atoms with Crippen molar-refractivity contribution in [2.24, 2.45) is 0 Å². The summed E-state index contributed by atoms with van der Waals surface area (Å²) in [6, 6.07) is 0.695. The number of rotatable bonds is 5. The summed E-state index contributed by atoms with van der Waals surface area (Å²) in [5.41, 5.74) is 0. The Balaban J connectivity index is 3.50. The molecule has 82 valence electrons. The topological polar surface area (TPSA) is 52.6 Å². The first-order chi connectivity index (χ1) is 6.31. The summed E-state index contributed by atoms with van der Waals surface area (Å²) in [6.07, 6.45) is 0. The molecule has 0 spiro atoms. The first kappa shape index (κ1) is 13.4. The molecule has 0 bridgehead atoms. The van der Waals surface area contributed by atoms with E-state index in [2.05, 4.69) is 4.74 Å². The summed E-state index contributed by atoms with van der Waals surface area (Å²) in [5, 5.41) is 0. The second kappa shape index (κ2) is 6.03. The fourth-order valence-electron chi connectivity index (χ4n) is 0.610. The molecule has 6 heteroatoms. The van der Waals surface area contributed by atoms with Crippen molar-refractivity contribution in [1.82, 2.24) is 0 Å². The van der Waals surface area contributed by atoms with Gasteiger partial charge in [-0.25, -0.2) is 4.79 Å². The highest BCUT2D eigenvalue weighted by Crippen LogP contribution is 2.13. The van der Waals surface area contributed by atoms with E-state index in [1.54, 1.807) is 0 Å². The number of carbonyl (C=O) groups excluding carboxylic acids is 2. The molecule has 0 aromatic rings. The third-order valence-corrected chi connectivity index (χ3v) is 3.31. The van der Waals surface area contributed by atoms with Crippen LogP contribution in [0.25, 0.3) is 0 Å². The van der Waals surface area contributed by atoms with Crippen LogP contribution in [-0.4, -0.2) is 32.5 Å². The molecule has 0 saturated carbocycles. The molecule has 4 nitrogen and oxygen atoms in total. The van der Waals surface area contributed by atoms with Gasteiger partial charge in [0.1, 0.15) is 0 Å². The maximum Gasteiger partial charge on any atom is 0.344 e. The number of ether oxygens (including phenoxy) is 2. The maximum absolute atomic E-state index is 10.9. The van der Waals surface area contributed by atoms with Crippen LogP contribution < -0.4 is 0 Å². The van der Waals surface area contributed by atoms with Crippen LogP contribution in [0.2, 0.25) is 19.1 Å². The van der Waals surface area contributed by atoms with E-state index in [1.807, 2.05) is 13.1 Å². The van der Waals surface area contributed by atoms with Gasteiger partial charge in [0.15, 0.2) is 14.0 Å². The number of hydrogen-bond donors (Lipinski definition) is 0. The zero-order chi connectivity index (χ0) is 11.2. The van der Waals surface area contributed by atoms with Crippen molar-refractivity contribution in [3.63, 3.8) is 0 Å². The zero-order valence-corrected chi connectivity index (χ0v) is 10.4. The molecule has 0 aromatic carbocycles. The largest absolute Gasteiger partial charge is 0.463 e. The Labute approximate surface area is 89.2 Å². The van der Waals surface area contributed by atoms with Crippen LogP contribution >= 0.6 is 11.1 Å². The molecule has 0 rings (SSSR count). The van der Waals surface area contributed by atoms with E-state index in [9.17, 15) is 9.59 Å². The van der Waals surface area contributed by atoms with Crippen LogP contribution in [0.15, 0.2) is 0 Å². The summed E-state index contributed by atoms with van der Waals surface area (Å²) >= 11 is 6.01. The highest BCUT2D eigenvalue weighted by molar-refractivity contribution is 7.19. The molecule has 0 aliphatic heterocycles. The lowest BCUT2D eigenvalue weighted by Crippen LogP contribution is -2.22. The van der Waals surface area contributed by atoms with E-state index in [-0.39, 0.29) is 6.61 Å². The first-order valence-corrected chi connectivity index (χ1v) is 8.51. The molecule has 0 fully saturated rings. The van der Waals surface area contributed by atoms with E-state index in [0.717, 1.165) is 0 Å². The van der Waals surface area contributed by atoms with Crippen LogP contribution in [0.1, 0.15) is 6.92 Å². The SMILES string of the molecule is CC(=O)OCC(=O)OCC[Si](C)(C)Cl. The summed E-state index contributed by atoms with van der Waals surface area (Å²) in [5.74, 6) is -1.02. The highest BCUT2D eigenvalue weighted by Gasteiger charge is 2.17. The zero-order valence-electron chi connectivity index (χ0n) is 8.63. The minimum Gasteiger partial charge on any atom is -0.463 e. The Hall–Kier alpha value is -0.553. The fourth-order valence-corrected chi connectivity index (χ4v) is 1.43. The van der Waals surface area contributed by atoms with Crippen molar-refractivity contribution in [2.45, 2.75) is 26.1 Å². The molecule has 14 heavy (non-hydrogen) atoms. The van der Waals surface area contributed by atoms with Gasteiger partial charge in [0.05, 0.1) is 6.61 Å². The van der Waals surface area contributed by atoms with Gasteiger partial charge in [0.25, 0.3) is 0 Å². The van der Waals surface area contributed by atoms with Gasteiger partial charge in [-0.1, -0.05) is 13.1 Å². The quantitative estimate of drug-likeness (QED) is 0.414. The summed E-state index contributed by atoms with van der Waals surface area (Å²) in [6.45, 7) is 5.15. The predicted octanol–water partition coefficient (Wildman–Crippen LogP) is 1.54. The lowest BCUT2D eigenvalue weighted by molar-refractivity contribution is -0.157. The van der Waals surface area contributed by atoms with Gasteiger partial charge in [0, 0.05) is 6.92 Å². The Bertz CT molecular complexity index is 212. The smallest absolute Gasteiger partial charge is 0.344 e. The van der Waals surface area contributed by atoms with Gasteiger partial charge in [0.2, 0.25) is 0 Å². The summed E-state index contributed by atoms with van der Waals surface area (Å²) in [4.78, 5) is 21.2. The minimum atomic E-state index is -1.68. The van der Waals surface area contributed by atoms with Crippen molar-refractivity contribution in [3.05, 3.63) is 0 Å². The monoisotopic (exact) mass is 238 g/mol. The van der Waals surface area contributed by atoms with Gasteiger partial charge in [-0.2, -0.15) is 11.1 Å². The first-order valence-electron chi connectivity index (χ1n) is 4.29. The van der Waals surface area contributed by atoms with Gasteiger partial charge in [-0.15, -0.1) is 0 Å². The standard InChI is InChI=1S/C8H15ClO4Si/c1-7(10)13-6-8(11)12-4-5-14(2,3)9/h4-6H2,1-3H3. The van der Waals surface area contributed by atoms with Gasteiger partial charge < -0.3 is 9.47 Å². The van der Waals surface area contributed by atoms with Crippen molar-refractivity contribution >= 4 is 30.4 Å². The second-order valence-corrected chi connectivity index (χ2v) is 10.5. The maximum atomic E-state index is 10.9. The summed E-state index contributed by atoms with van der Waals surface area (Å²) in [7, 11) is -1.68. The molecule has 0 aliphatic rings. The molecule has 0 saturated heterocycles. The normalized spacial score (nSPS) is 10.9. The van der Waals surface area contributed by atoms with E-state index >= 15 is 0 Å². The van der Waals surface area contributed by atoms with Crippen LogP contribution in [0.4, 0.5) is 0 Å². The minimum absolute atomic E-state index is 0.294. The number of carbonyl (C=O) groups is 2. The number of hydrogen-bond acceptors (Lipinski definition) is 4. The molecule has 0 amide bonds. The predicted molar refractivity (Wildman–Crippen MR) is 55.7 cm³/mol. The molecule has 0 aromatic heterocycles. The third-order valence-electron chi connectivity index (χ3n) is 1.35. The van der Waals surface area contributed by atoms with E-state index in [4.69, 9.17) is 15.8 Å². The Morgan fingerprint density at radius 1 is 1.29 bits per heavy atom. The molecule has 0 N–H and O–H groups in total. The Morgan fingerprint density at radius 3 is 2.29 bits per heavy atom. The van der Waals surface area contributed by atoms with Crippen LogP contribution in [0, 0.1) is 0 Å². The van der Waals surface area contributed by atoms with Crippen LogP contribution in [0.5, 0.6) is 0 Å². The van der Waals surface area contributed by atoms with Crippen molar-refractivity contribution in [1.29, 1.82) is 0 Å².